The summed E-state index contributed by atoms with van der Waals surface area (Å²) in [5.41, 5.74) is -1.78. The standard InChI is InChI=1S/C24H25F2N5O4S/c1-14(24(2,3)4)28-23(32)22-21(20(29-30(22)5)16-7-9-17(25)10-8-16)31(36(33,34)35)19-11-6-15(13-27)12-18(19)26/h6-12,14H,1-5H3,(H,28,32)(H,33,34,35)/t14-/m0/s1. The number of halogens is 2. The van der Waals surface area contributed by atoms with Crippen LogP contribution in [0.3, 0.4) is 0 Å². The Morgan fingerprint density at radius 3 is 2.31 bits per heavy atom. The number of nitriles is 1. The van der Waals surface area contributed by atoms with E-state index in [2.05, 4.69) is 10.4 Å². The van der Waals surface area contributed by atoms with Crippen LogP contribution in [0.25, 0.3) is 11.3 Å². The molecule has 0 aliphatic rings. The van der Waals surface area contributed by atoms with Crippen LogP contribution in [-0.2, 0) is 17.4 Å². The SMILES string of the molecule is C[C@H](NC(=O)c1c(N(c2ccc(C#N)cc2F)S(=O)(=O)O)c(-c2ccc(F)cc2)nn1C)C(C)(C)C. The molecule has 0 fully saturated rings. The highest BCUT2D eigenvalue weighted by Gasteiger charge is 2.36. The summed E-state index contributed by atoms with van der Waals surface area (Å²) in [4.78, 5) is 13.4. The van der Waals surface area contributed by atoms with E-state index in [4.69, 9.17) is 5.26 Å². The predicted molar refractivity (Wildman–Crippen MR) is 130 cm³/mol. The van der Waals surface area contributed by atoms with Gasteiger partial charge in [0.2, 0.25) is 0 Å². The summed E-state index contributed by atoms with van der Waals surface area (Å²) in [6, 6.07) is 9.12. The average Bonchev–Trinajstić information content (AvgIpc) is 3.10. The fourth-order valence-corrected chi connectivity index (χ4v) is 4.14. The molecule has 190 valence electrons. The normalized spacial score (nSPS) is 12.6. The van der Waals surface area contributed by atoms with Gasteiger partial charge in [-0.3, -0.25) is 14.0 Å². The van der Waals surface area contributed by atoms with Crippen molar-refractivity contribution in [2.45, 2.75) is 33.7 Å². The van der Waals surface area contributed by atoms with Crippen molar-refractivity contribution < 1.29 is 26.5 Å². The van der Waals surface area contributed by atoms with Crippen LogP contribution in [0.2, 0.25) is 0 Å². The maximum Gasteiger partial charge on any atom is 0.364 e. The summed E-state index contributed by atoms with van der Waals surface area (Å²) in [6.07, 6.45) is 0. The van der Waals surface area contributed by atoms with E-state index in [1.165, 1.54) is 19.2 Å². The zero-order chi connectivity index (χ0) is 27.0. The lowest BCUT2D eigenvalue weighted by molar-refractivity contribution is 0.0901. The Bertz CT molecular complexity index is 1460. The maximum atomic E-state index is 15.1. The number of aromatic nitrogens is 2. The molecule has 1 heterocycles. The van der Waals surface area contributed by atoms with Crippen molar-refractivity contribution in [2.24, 2.45) is 12.5 Å². The van der Waals surface area contributed by atoms with Crippen molar-refractivity contribution in [3.8, 4) is 17.3 Å². The van der Waals surface area contributed by atoms with Crippen molar-refractivity contribution >= 4 is 27.6 Å². The molecule has 1 amide bonds. The first-order chi connectivity index (χ1) is 16.6. The first kappa shape index (κ1) is 26.8. The van der Waals surface area contributed by atoms with Crippen molar-refractivity contribution in [2.75, 3.05) is 4.31 Å². The minimum absolute atomic E-state index is 0.0894. The molecule has 3 aromatic rings. The first-order valence-electron chi connectivity index (χ1n) is 10.8. The molecule has 2 N–H and O–H groups in total. The summed E-state index contributed by atoms with van der Waals surface area (Å²) in [6.45, 7) is 7.43. The minimum Gasteiger partial charge on any atom is -0.348 e. The van der Waals surface area contributed by atoms with E-state index in [0.29, 0.717) is 0 Å². The third kappa shape index (κ3) is 5.37. The smallest absolute Gasteiger partial charge is 0.348 e. The highest BCUT2D eigenvalue weighted by molar-refractivity contribution is 7.87. The summed E-state index contributed by atoms with van der Waals surface area (Å²) in [5, 5.41) is 16.1. The fraction of sp³-hybridized carbons (Fsp3) is 0.292. The fourth-order valence-electron chi connectivity index (χ4n) is 3.34. The quantitative estimate of drug-likeness (QED) is 0.468. The van der Waals surface area contributed by atoms with Crippen molar-refractivity contribution in [1.82, 2.24) is 15.1 Å². The number of nitrogens with zero attached hydrogens (tertiary/aromatic N) is 4. The van der Waals surface area contributed by atoms with E-state index >= 15 is 4.39 Å². The number of rotatable bonds is 6. The third-order valence-corrected chi connectivity index (χ3v) is 6.57. The van der Waals surface area contributed by atoms with Gasteiger partial charge < -0.3 is 5.32 Å². The highest BCUT2D eigenvalue weighted by Crippen LogP contribution is 2.40. The predicted octanol–water partition coefficient (Wildman–Crippen LogP) is 4.34. The van der Waals surface area contributed by atoms with Crippen LogP contribution >= 0.6 is 0 Å². The van der Waals surface area contributed by atoms with Crippen molar-refractivity contribution in [3.05, 3.63) is 65.4 Å². The van der Waals surface area contributed by atoms with Gasteiger partial charge in [0.25, 0.3) is 5.91 Å². The lowest BCUT2D eigenvalue weighted by atomic mass is 9.88. The molecule has 0 bridgehead atoms. The third-order valence-electron chi connectivity index (χ3n) is 5.73. The number of hydrogen-bond donors (Lipinski definition) is 2. The number of carbonyl (C=O) groups excluding carboxylic acids is 1. The monoisotopic (exact) mass is 517 g/mol. The topological polar surface area (TPSA) is 128 Å². The summed E-state index contributed by atoms with van der Waals surface area (Å²) < 4.78 is 65.5. The molecule has 9 nitrogen and oxygen atoms in total. The number of anilines is 2. The van der Waals surface area contributed by atoms with E-state index < -0.39 is 39.2 Å². The molecule has 0 saturated carbocycles. The van der Waals surface area contributed by atoms with E-state index in [0.717, 1.165) is 35.0 Å². The van der Waals surface area contributed by atoms with Gasteiger partial charge in [-0.25, -0.2) is 13.1 Å². The molecule has 0 spiro atoms. The largest absolute Gasteiger partial charge is 0.364 e. The Balaban J connectivity index is 2.36. The summed E-state index contributed by atoms with van der Waals surface area (Å²) in [7, 11) is -3.87. The zero-order valence-corrected chi connectivity index (χ0v) is 21.1. The van der Waals surface area contributed by atoms with Crippen molar-refractivity contribution in [3.63, 3.8) is 0 Å². The molecule has 0 aliphatic heterocycles. The van der Waals surface area contributed by atoms with Crippen LogP contribution in [0.1, 0.15) is 43.7 Å². The Hall–Kier alpha value is -3.82. The molecule has 0 unspecified atom stereocenters. The highest BCUT2D eigenvalue weighted by atomic mass is 32.2. The van der Waals surface area contributed by atoms with Gasteiger partial charge in [-0.05, 0) is 54.8 Å². The second-order valence-electron chi connectivity index (χ2n) is 9.26. The number of benzene rings is 2. The zero-order valence-electron chi connectivity index (χ0n) is 20.2. The Morgan fingerprint density at radius 1 is 1.19 bits per heavy atom. The molecule has 36 heavy (non-hydrogen) atoms. The van der Waals surface area contributed by atoms with Gasteiger partial charge in [0.05, 0.1) is 17.3 Å². The van der Waals surface area contributed by atoms with E-state index in [-0.39, 0.29) is 38.3 Å². The van der Waals surface area contributed by atoms with Gasteiger partial charge in [-0.15, -0.1) is 0 Å². The van der Waals surface area contributed by atoms with Crippen LogP contribution in [0.15, 0.2) is 42.5 Å². The second-order valence-corrected chi connectivity index (χ2v) is 10.5. The Morgan fingerprint density at radius 2 is 1.81 bits per heavy atom. The summed E-state index contributed by atoms with van der Waals surface area (Å²) >= 11 is 0. The van der Waals surface area contributed by atoms with Crippen LogP contribution in [0, 0.1) is 28.4 Å². The van der Waals surface area contributed by atoms with E-state index in [1.54, 1.807) is 13.0 Å². The van der Waals surface area contributed by atoms with Gasteiger partial charge in [0.1, 0.15) is 23.0 Å². The van der Waals surface area contributed by atoms with Crippen LogP contribution in [0.5, 0.6) is 0 Å². The second kappa shape index (κ2) is 9.67. The van der Waals surface area contributed by atoms with Gasteiger partial charge in [0.15, 0.2) is 5.69 Å². The molecule has 0 saturated heterocycles. The molecule has 1 atom stereocenters. The Labute approximate surface area is 207 Å². The van der Waals surface area contributed by atoms with Gasteiger partial charge in [-0.1, -0.05) is 20.8 Å². The van der Waals surface area contributed by atoms with E-state index in [1.807, 2.05) is 20.8 Å². The van der Waals surface area contributed by atoms with Crippen LogP contribution in [0.4, 0.5) is 20.2 Å². The molecular formula is C24H25F2N5O4S. The first-order valence-corrected chi connectivity index (χ1v) is 12.2. The molecule has 1 aromatic heterocycles. The number of carbonyl (C=O) groups is 1. The number of nitrogens with one attached hydrogen (secondary N) is 1. The average molecular weight is 518 g/mol. The van der Waals surface area contributed by atoms with Gasteiger partial charge in [0, 0.05) is 18.7 Å². The van der Waals surface area contributed by atoms with E-state index in [9.17, 15) is 22.2 Å². The molecule has 2 aromatic carbocycles. The number of hydrogen-bond acceptors (Lipinski definition) is 5. The maximum absolute atomic E-state index is 15.1. The molecule has 3 rings (SSSR count). The van der Waals surface area contributed by atoms with Gasteiger partial charge >= 0.3 is 10.3 Å². The number of amides is 1. The number of aryl methyl sites for hydroxylation is 1. The lowest BCUT2D eigenvalue weighted by Crippen LogP contribution is -2.42. The molecular weight excluding hydrogens is 492 g/mol. The molecule has 0 aliphatic carbocycles. The minimum atomic E-state index is -5.25. The van der Waals surface area contributed by atoms with Gasteiger partial charge in [-0.2, -0.15) is 18.8 Å². The molecule has 12 heteroatoms. The Kier molecular flexibility index (Phi) is 7.20. The van der Waals surface area contributed by atoms with Crippen LogP contribution in [-0.4, -0.2) is 34.7 Å². The lowest BCUT2D eigenvalue weighted by Gasteiger charge is -2.29. The molecule has 0 radical (unpaired) electrons. The van der Waals surface area contributed by atoms with Crippen LogP contribution < -0.4 is 9.62 Å². The van der Waals surface area contributed by atoms with Crippen molar-refractivity contribution in [1.29, 1.82) is 5.26 Å². The summed E-state index contributed by atoms with van der Waals surface area (Å²) in [5.74, 6) is -2.45.